The summed E-state index contributed by atoms with van der Waals surface area (Å²) in [5.41, 5.74) is 6.87. The van der Waals surface area contributed by atoms with E-state index in [4.69, 9.17) is 5.73 Å². The lowest BCUT2D eigenvalue weighted by atomic mass is 9.94. The molecule has 0 aliphatic carbocycles. The Morgan fingerprint density at radius 1 is 1.04 bits per heavy atom. The highest BCUT2D eigenvalue weighted by Crippen LogP contribution is 2.14. The van der Waals surface area contributed by atoms with Crippen molar-refractivity contribution in [2.24, 2.45) is 5.73 Å². The Morgan fingerprint density at radius 3 is 2.33 bits per heavy atom. The maximum absolute atomic E-state index is 12.5. The SMILES string of the molecule is CCC(N)(CC)CNC(=O)c1cccc(S(=O)(=O)NCc2ccccc2)c1. The van der Waals surface area contributed by atoms with Crippen LogP contribution in [-0.4, -0.2) is 26.4 Å². The van der Waals surface area contributed by atoms with E-state index in [1.54, 1.807) is 12.1 Å². The maximum atomic E-state index is 12.5. The normalized spacial score (nSPS) is 12.0. The molecule has 0 unspecified atom stereocenters. The van der Waals surface area contributed by atoms with Gasteiger partial charge in [0.25, 0.3) is 5.91 Å². The summed E-state index contributed by atoms with van der Waals surface area (Å²) in [5, 5.41) is 2.80. The van der Waals surface area contributed by atoms with E-state index in [0.29, 0.717) is 6.54 Å². The Bertz CT molecular complexity index is 863. The van der Waals surface area contributed by atoms with Gasteiger partial charge in [-0.25, -0.2) is 13.1 Å². The third-order valence-corrected chi connectivity index (χ3v) is 6.12. The first-order valence-corrected chi connectivity index (χ1v) is 10.5. The molecule has 0 heterocycles. The molecule has 0 atom stereocenters. The number of amides is 1. The summed E-state index contributed by atoms with van der Waals surface area (Å²) in [7, 11) is -3.72. The number of nitrogens with one attached hydrogen (secondary N) is 2. The summed E-state index contributed by atoms with van der Waals surface area (Å²) in [6.45, 7) is 4.47. The topological polar surface area (TPSA) is 101 Å². The second-order valence-corrected chi connectivity index (χ2v) is 8.36. The van der Waals surface area contributed by atoms with Gasteiger partial charge in [-0.3, -0.25) is 4.79 Å². The number of benzene rings is 2. The van der Waals surface area contributed by atoms with E-state index in [-0.39, 0.29) is 22.9 Å². The van der Waals surface area contributed by atoms with E-state index in [1.165, 1.54) is 12.1 Å². The quantitative estimate of drug-likeness (QED) is 0.613. The summed E-state index contributed by atoms with van der Waals surface area (Å²) < 4.78 is 27.6. The van der Waals surface area contributed by atoms with E-state index in [0.717, 1.165) is 18.4 Å². The molecule has 0 saturated carbocycles. The predicted octanol–water partition coefficient (Wildman–Crippen LogP) is 2.41. The fourth-order valence-electron chi connectivity index (χ4n) is 2.52. The average molecular weight is 390 g/mol. The summed E-state index contributed by atoms with van der Waals surface area (Å²) in [6.07, 6.45) is 1.48. The zero-order chi connectivity index (χ0) is 19.9. The van der Waals surface area contributed by atoms with E-state index >= 15 is 0 Å². The minimum absolute atomic E-state index is 0.0519. The van der Waals surface area contributed by atoms with Gasteiger partial charge in [0.1, 0.15) is 0 Å². The monoisotopic (exact) mass is 389 g/mol. The van der Waals surface area contributed by atoms with Gasteiger partial charge in [0.15, 0.2) is 0 Å². The molecule has 4 N–H and O–H groups in total. The molecule has 0 saturated heterocycles. The molecule has 2 aromatic carbocycles. The predicted molar refractivity (Wildman–Crippen MR) is 107 cm³/mol. The van der Waals surface area contributed by atoms with Gasteiger partial charge in [-0.15, -0.1) is 0 Å². The Labute approximate surface area is 161 Å². The van der Waals surface area contributed by atoms with Crippen molar-refractivity contribution < 1.29 is 13.2 Å². The molecular weight excluding hydrogens is 362 g/mol. The van der Waals surface area contributed by atoms with Crippen molar-refractivity contribution in [1.29, 1.82) is 0 Å². The third kappa shape index (κ3) is 5.89. The van der Waals surface area contributed by atoms with E-state index < -0.39 is 15.6 Å². The molecule has 0 spiro atoms. The van der Waals surface area contributed by atoms with Crippen LogP contribution in [0.1, 0.15) is 42.6 Å². The lowest BCUT2D eigenvalue weighted by molar-refractivity contribution is 0.0942. The third-order valence-electron chi connectivity index (χ3n) is 4.72. The van der Waals surface area contributed by atoms with Crippen LogP contribution in [0.25, 0.3) is 0 Å². The molecule has 27 heavy (non-hydrogen) atoms. The minimum atomic E-state index is -3.72. The standard InChI is InChI=1S/C20H27N3O3S/c1-3-20(21,4-2)15-22-19(24)17-11-8-12-18(13-17)27(25,26)23-14-16-9-6-5-7-10-16/h5-13,23H,3-4,14-15,21H2,1-2H3,(H,22,24). The van der Waals surface area contributed by atoms with Crippen LogP contribution in [0.3, 0.4) is 0 Å². The van der Waals surface area contributed by atoms with Gasteiger partial charge in [0, 0.05) is 24.2 Å². The van der Waals surface area contributed by atoms with Crippen LogP contribution < -0.4 is 15.8 Å². The first kappa shape index (κ1) is 21.1. The fraction of sp³-hybridized carbons (Fsp3) is 0.350. The number of hydrogen-bond donors (Lipinski definition) is 3. The summed E-state index contributed by atoms with van der Waals surface area (Å²) >= 11 is 0. The number of carbonyl (C=O) groups is 1. The van der Waals surface area contributed by atoms with Crippen molar-refractivity contribution in [3.8, 4) is 0 Å². The first-order chi connectivity index (χ1) is 12.8. The maximum Gasteiger partial charge on any atom is 0.251 e. The minimum Gasteiger partial charge on any atom is -0.350 e. The van der Waals surface area contributed by atoms with Gasteiger partial charge in [-0.2, -0.15) is 0 Å². The number of nitrogens with two attached hydrogens (primary N) is 1. The molecule has 0 fully saturated rings. The molecule has 0 aliphatic rings. The van der Waals surface area contributed by atoms with Crippen molar-refractivity contribution in [3.05, 3.63) is 65.7 Å². The zero-order valence-electron chi connectivity index (χ0n) is 15.7. The average Bonchev–Trinajstić information content (AvgIpc) is 2.71. The Kier molecular flexibility index (Phi) is 7.12. The van der Waals surface area contributed by atoms with Gasteiger partial charge in [-0.1, -0.05) is 50.2 Å². The number of carbonyl (C=O) groups excluding carboxylic acids is 1. The van der Waals surface area contributed by atoms with Crippen LogP contribution in [0.2, 0.25) is 0 Å². The van der Waals surface area contributed by atoms with E-state index in [1.807, 2.05) is 44.2 Å². The van der Waals surface area contributed by atoms with Gasteiger partial charge in [-0.05, 0) is 36.6 Å². The highest BCUT2D eigenvalue weighted by atomic mass is 32.2. The Hall–Kier alpha value is -2.22. The van der Waals surface area contributed by atoms with Crippen LogP contribution in [0.4, 0.5) is 0 Å². The summed E-state index contributed by atoms with van der Waals surface area (Å²) in [5.74, 6) is -0.341. The summed E-state index contributed by atoms with van der Waals surface area (Å²) in [6, 6.07) is 15.2. The zero-order valence-corrected chi connectivity index (χ0v) is 16.6. The van der Waals surface area contributed by atoms with Crippen LogP contribution >= 0.6 is 0 Å². The smallest absolute Gasteiger partial charge is 0.251 e. The van der Waals surface area contributed by atoms with Crippen LogP contribution in [0.5, 0.6) is 0 Å². The fourth-order valence-corrected chi connectivity index (χ4v) is 3.58. The second kappa shape index (κ2) is 9.12. The molecule has 7 heteroatoms. The van der Waals surface area contributed by atoms with Crippen molar-refractivity contribution >= 4 is 15.9 Å². The number of rotatable bonds is 9. The first-order valence-electron chi connectivity index (χ1n) is 9.00. The number of hydrogen-bond acceptors (Lipinski definition) is 4. The van der Waals surface area contributed by atoms with Crippen molar-refractivity contribution in [2.75, 3.05) is 6.54 Å². The highest BCUT2D eigenvalue weighted by molar-refractivity contribution is 7.89. The molecule has 2 rings (SSSR count). The van der Waals surface area contributed by atoms with Crippen molar-refractivity contribution in [1.82, 2.24) is 10.0 Å². The summed E-state index contributed by atoms with van der Waals surface area (Å²) in [4.78, 5) is 12.5. The van der Waals surface area contributed by atoms with Gasteiger partial charge in [0.05, 0.1) is 4.90 Å². The molecule has 6 nitrogen and oxygen atoms in total. The van der Waals surface area contributed by atoms with E-state index in [9.17, 15) is 13.2 Å². The van der Waals surface area contributed by atoms with Crippen molar-refractivity contribution in [3.63, 3.8) is 0 Å². The molecule has 0 bridgehead atoms. The molecule has 0 aromatic heterocycles. The van der Waals surface area contributed by atoms with Crippen LogP contribution in [0, 0.1) is 0 Å². The molecule has 0 aliphatic heterocycles. The lowest BCUT2D eigenvalue weighted by Gasteiger charge is -2.26. The molecule has 2 aromatic rings. The Morgan fingerprint density at radius 2 is 1.70 bits per heavy atom. The molecule has 1 amide bonds. The second-order valence-electron chi connectivity index (χ2n) is 6.59. The highest BCUT2D eigenvalue weighted by Gasteiger charge is 2.22. The molecule has 146 valence electrons. The molecule has 0 radical (unpaired) electrons. The van der Waals surface area contributed by atoms with Gasteiger partial charge >= 0.3 is 0 Å². The Balaban J connectivity index is 2.08. The number of sulfonamides is 1. The van der Waals surface area contributed by atoms with Gasteiger partial charge in [0.2, 0.25) is 10.0 Å². The lowest BCUT2D eigenvalue weighted by Crippen LogP contribution is -2.49. The van der Waals surface area contributed by atoms with Crippen LogP contribution in [0.15, 0.2) is 59.5 Å². The largest absolute Gasteiger partial charge is 0.350 e. The van der Waals surface area contributed by atoms with E-state index in [2.05, 4.69) is 10.0 Å². The van der Waals surface area contributed by atoms with Crippen LogP contribution in [-0.2, 0) is 16.6 Å². The van der Waals surface area contributed by atoms with Crippen molar-refractivity contribution in [2.45, 2.75) is 43.7 Å². The van der Waals surface area contributed by atoms with Gasteiger partial charge < -0.3 is 11.1 Å². The molecular formula is C20H27N3O3S.